The van der Waals surface area contributed by atoms with Crippen molar-refractivity contribution in [1.29, 1.82) is 0 Å². The van der Waals surface area contributed by atoms with Gasteiger partial charge in [-0.15, -0.1) is 11.3 Å². The van der Waals surface area contributed by atoms with Crippen LogP contribution in [0.3, 0.4) is 0 Å². The molecule has 0 saturated carbocycles. The Balaban J connectivity index is 1.66. The maximum atomic E-state index is 13.0. The summed E-state index contributed by atoms with van der Waals surface area (Å²) in [5.41, 5.74) is 2.80. The molecule has 4 aromatic rings. The first-order chi connectivity index (χ1) is 13.7. The number of nitrogens with zero attached hydrogens (tertiary/aromatic N) is 2. The van der Waals surface area contributed by atoms with Crippen molar-refractivity contribution in [2.24, 2.45) is 0 Å². The molecule has 0 bridgehead atoms. The predicted octanol–water partition coefficient (Wildman–Crippen LogP) is 5.26. The standard InChI is InChI=1S/C22H18N2O3S/c1-26-18-11-9-17(10-12-18)19-15-28-22(23-19)24(14-16-6-3-2-4-7-16)21(25)20-8-5-13-27-20/h2-13,15H,14H2,1H3. The zero-order chi connectivity index (χ0) is 19.3. The van der Waals surface area contributed by atoms with Gasteiger partial charge in [-0.25, -0.2) is 4.98 Å². The fourth-order valence-electron chi connectivity index (χ4n) is 2.81. The highest BCUT2D eigenvalue weighted by Crippen LogP contribution is 2.30. The van der Waals surface area contributed by atoms with Crippen LogP contribution >= 0.6 is 11.3 Å². The molecule has 0 fully saturated rings. The van der Waals surface area contributed by atoms with Gasteiger partial charge < -0.3 is 9.15 Å². The van der Waals surface area contributed by atoms with Crippen LogP contribution in [0.15, 0.2) is 82.8 Å². The predicted molar refractivity (Wildman–Crippen MR) is 110 cm³/mol. The third-order valence-electron chi connectivity index (χ3n) is 4.27. The first kappa shape index (κ1) is 18.0. The third kappa shape index (κ3) is 3.82. The second-order valence-electron chi connectivity index (χ2n) is 6.10. The Bertz CT molecular complexity index is 1040. The van der Waals surface area contributed by atoms with E-state index in [1.807, 2.05) is 60.0 Å². The maximum absolute atomic E-state index is 13.0. The zero-order valence-corrected chi connectivity index (χ0v) is 16.1. The van der Waals surface area contributed by atoms with Crippen molar-refractivity contribution in [2.75, 3.05) is 12.0 Å². The molecule has 2 aromatic carbocycles. The lowest BCUT2D eigenvalue weighted by molar-refractivity contribution is 0.0958. The first-order valence-corrected chi connectivity index (χ1v) is 9.62. The lowest BCUT2D eigenvalue weighted by atomic mass is 10.2. The second kappa shape index (κ2) is 8.10. The topological polar surface area (TPSA) is 55.6 Å². The van der Waals surface area contributed by atoms with E-state index in [0.29, 0.717) is 11.7 Å². The molecule has 0 spiro atoms. The van der Waals surface area contributed by atoms with Gasteiger partial charge in [0.1, 0.15) is 5.75 Å². The van der Waals surface area contributed by atoms with Crippen molar-refractivity contribution in [3.8, 4) is 17.0 Å². The molecule has 0 aliphatic heterocycles. The van der Waals surface area contributed by atoms with Crippen molar-refractivity contribution in [3.63, 3.8) is 0 Å². The largest absolute Gasteiger partial charge is 0.497 e. The van der Waals surface area contributed by atoms with Crippen LogP contribution in [-0.2, 0) is 6.54 Å². The minimum absolute atomic E-state index is 0.218. The smallest absolute Gasteiger partial charge is 0.296 e. The Labute approximate surface area is 166 Å². The average molecular weight is 390 g/mol. The summed E-state index contributed by atoms with van der Waals surface area (Å²) < 4.78 is 10.5. The van der Waals surface area contributed by atoms with Crippen molar-refractivity contribution < 1.29 is 13.9 Å². The number of methoxy groups -OCH3 is 1. The van der Waals surface area contributed by atoms with E-state index in [0.717, 1.165) is 22.6 Å². The maximum Gasteiger partial charge on any atom is 0.296 e. The Morgan fingerprint density at radius 3 is 2.54 bits per heavy atom. The number of benzene rings is 2. The summed E-state index contributed by atoms with van der Waals surface area (Å²) in [5, 5.41) is 2.57. The van der Waals surface area contributed by atoms with Gasteiger partial charge in [0.15, 0.2) is 10.9 Å². The summed E-state index contributed by atoms with van der Waals surface area (Å²) in [4.78, 5) is 19.4. The molecule has 0 N–H and O–H groups in total. The van der Waals surface area contributed by atoms with E-state index in [1.54, 1.807) is 24.1 Å². The number of aromatic nitrogens is 1. The molecule has 0 atom stereocenters. The number of carbonyl (C=O) groups is 1. The van der Waals surface area contributed by atoms with E-state index in [9.17, 15) is 4.79 Å². The fraction of sp³-hybridized carbons (Fsp3) is 0.0909. The van der Waals surface area contributed by atoms with Crippen molar-refractivity contribution in [3.05, 3.63) is 89.7 Å². The summed E-state index contributed by atoms with van der Waals surface area (Å²) in [7, 11) is 1.64. The van der Waals surface area contributed by atoms with E-state index < -0.39 is 0 Å². The minimum atomic E-state index is -0.218. The average Bonchev–Trinajstić information content (AvgIpc) is 3.45. The van der Waals surface area contributed by atoms with Gasteiger partial charge in [-0.2, -0.15) is 0 Å². The van der Waals surface area contributed by atoms with Gasteiger partial charge in [0.2, 0.25) is 0 Å². The highest BCUT2D eigenvalue weighted by molar-refractivity contribution is 7.14. The third-order valence-corrected chi connectivity index (χ3v) is 5.13. The molecule has 6 heteroatoms. The number of furan rings is 1. The molecule has 0 aliphatic carbocycles. The van der Waals surface area contributed by atoms with Crippen LogP contribution in [0.2, 0.25) is 0 Å². The van der Waals surface area contributed by atoms with Crippen molar-refractivity contribution >= 4 is 22.4 Å². The molecular weight excluding hydrogens is 372 g/mol. The van der Waals surface area contributed by atoms with Crippen molar-refractivity contribution in [2.45, 2.75) is 6.54 Å². The van der Waals surface area contributed by atoms with Gasteiger partial charge >= 0.3 is 0 Å². The van der Waals surface area contributed by atoms with Crippen LogP contribution in [-0.4, -0.2) is 18.0 Å². The number of thiazole rings is 1. The summed E-state index contributed by atoms with van der Waals surface area (Å²) in [6.07, 6.45) is 1.50. The summed E-state index contributed by atoms with van der Waals surface area (Å²) in [6, 6.07) is 20.9. The molecule has 140 valence electrons. The van der Waals surface area contributed by atoms with Crippen LogP contribution in [0.4, 0.5) is 5.13 Å². The highest BCUT2D eigenvalue weighted by Gasteiger charge is 2.23. The molecular formula is C22H18N2O3S. The van der Waals surface area contributed by atoms with Gasteiger partial charge in [-0.1, -0.05) is 30.3 Å². The SMILES string of the molecule is COc1ccc(-c2csc(N(Cc3ccccc3)C(=O)c3ccco3)n2)cc1. The Kier molecular flexibility index (Phi) is 5.21. The van der Waals surface area contributed by atoms with E-state index in [4.69, 9.17) is 14.1 Å². The number of rotatable bonds is 6. The van der Waals surface area contributed by atoms with Gasteiger partial charge in [0.05, 0.1) is 25.6 Å². The monoisotopic (exact) mass is 390 g/mol. The molecule has 0 unspecified atom stereocenters. The van der Waals surface area contributed by atoms with Gasteiger partial charge in [0, 0.05) is 10.9 Å². The minimum Gasteiger partial charge on any atom is -0.497 e. The summed E-state index contributed by atoms with van der Waals surface area (Å²) >= 11 is 1.43. The zero-order valence-electron chi connectivity index (χ0n) is 15.2. The molecule has 0 radical (unpaired) electrons. The summed E-state index contributed by atoms with van der Waals surface area (Å²) in [6.45, 7) is 0.413. The number of hydrogen-bond acceptors (Lipinski definition) is 5. The molecule has 0 aliphatic rings. The van der Waals surface area contributed by atoms with Crippen LogP contribution in [0.5, 0.6) is 5.75 Å². The Morgan fingerprint density at radius 1 is 1.07 bits per heavy atom. The molecule has 4 rings (SSSR count). The number of hydrogen-bond donors (Lipinski definition) is 0. The van der Waals surface area contributed by atoms with Crippen LogP contribution in [0.1, 0.15) is 16.1 Å². The molecule has 2 heterocycles. The van der Waals surface area contributed by atoms with E-state index in [-0.39, 0.29) is 11.7 Å². The lowest BCUT2D eigenvalue weighted by Crippen LogP contribution is -2.30. The number of ether oxygens (including phenoxy) is 1. The van der Waals surface area contributed by atoms with Crippen LogP contribution in [0.25, 0.3) is 11.3 Å². The van der Waals surface area contributed by atoms with Crippen LogP contribution < -0.4 is 9.64 Å². The number of anilines is 1. The highest BCUT2D eigenvalue weighted by atomic mass is 32.1. The second-order valence-corrected chi connectivity index (χ2v) is 6.93. The van der Waals surface area contributed by atoms with E-state index in [2.05, 4.69) is 0 Å². The van der Waals surface area contributed by atoms with E-state index in [1.165, 1.54) is 17.6 Å². The number of amides is 1. The van der Waals surface area contributed by atoms with Gasteiger partial charge in [-0.3, -0.25) is 9.69 Å². The quantitative estimate of drug-likeness (QED) is 0.451. The lowest BCUT2D eigenvalue weighted by Gasteiger charge is -2.18. The molecule has 28 heavy (non-hydrogen) atoms. The van der Waals surface area contributed by atoms with Crippen LogP contribution in [0, 0.1) is 0 Å². The number of carbonyl (C=O) groups excluding carboxylic acids is 1. The molecule has 5 nitrogen and oxygen atoms in total. The normalized spacial score (nSPS) is 10.6. The van der Waals surface area contributed by atoms with E-state index >= 15 is 0 Å². The Hall–Kier alpha value is -3.38. The van der Waals surface area contributed by atoms with Crippen molar-refractivity contribution in [1.82, 2.24) is 4.98 Å². The first-order valence-electron chi connectivity index (χ1n) is 8.74. The summed E-state index contributed by atoms with van der Waals surface area (Å²) in [5.74, 6) is 0.861. The Morgan fingerprint density at radius 2 is 1.86 bits per heavy atom. The molecule has 0 saturated heterocycles. The molecule has 2 aromatic heterocycles. The molecule has 1 amide bonds. The fourth-order valence-corrected chi connectivity index (χ4v) is 3.64. The van der Waals surface area contributed by atoms with Gasteiger partial charge in [0.25, 0.3) is 5.91 Å². The van der Waals surface area contributed by atoms with Gasteiger partial charge in [-0.05, 0) is 42.0 Å².